The molecule has 1 saturated heterocycles. The van der Waals surface area contributed by atoms with E-state index in [2.05, 4.69) is 0 Å². The van der Waals surface area contributed by atoms with E-state index in [1.54, 1.807) is 23.3 Å². The Morgan fingerprint density at radius 3 is 2.66 bits per heavy atom. The molecule has 1 aromatic heterocycles. The number of benzene rings is 2. The van der Waals surface area contributed by atoms with Gasteiger partial charge in [0.2, 0.25) is 5.91 Å². The smallest absolute Gasteiger partial charge is 0.242 e. The van der Waals surface area contributed by atoms with Crippen LogP contribution in [0, 0.1) is 5.82 Å². The topological polar surface area (TPSA) is 42.7 Å². The Balaban J connectivity index is 1.33. The lowest BCUT2D eigenvalue weighted by molar-refractivity contribution is -0.126. The first-order valence-corrected chi connectivity index (χ1v) is 10.4. The fourth-order valence-electron chi connectivity index (χ4n) is 3.06. The van der Waals surface area contributed by atoms with Crippen molar-refractivity contribution in [2.45, 2.75) is 24.8 Å². The largest absolute Gasteiger partial charge is 0.489 e. The molecule has 0 aliphatic carbocycles. The van der Waals surface area contributed by atoms with E-state index in [0.29, 0.717) is 35.4 Å². The molecule has 1 amide bonds. The van der Waals surface area contributed by atoms with Gasteiger partial charge in [-0.2, -0.15) is 0 Å². The summed E-state index contributed by atoms with van der Waals surface area (Å²) in [6, 6.07) is 17.6. The summed E-state index contributed by atoms with van der Waals surface area (Å²) in [7, 11) is 0. The number of thioether (sulfide) groups is 1. The summed E-state index contributed by atoms with van der Waals surface area (Å²) in [5.41, 5.74) is 1.80. The maximum Gasteiger partial charge on any atom is 0.242 e. The van der Waals surface area contributed by atoms with Crippen molar-refractivity contribution in [2.24, 2.45) is 0 Å². The number of carbonyl (C=O) groups excluding carboxylic acids is 1. The lowest BCUT2D eigenvalue weighted by Gasteiger charge is -2.14. The number of ether oxygens (including phenoxy) is 1. The average Bonchev–Trinajstić information content (AvgIpc) is 3.32. The van der Waals surface area contributed by atoms with Crippen molar-refractivity contribution in [2.75, 3.05) is 0 Å². The molecule has 1 fully saturated rings. The molecule has 0 N–H and O–H groups in total. The third kappa shape index (κ3) is 4.86. The molecule has 3 aromatic rings. The van der Waals surface area contributed by atoms with Crippen LogP contribution in [0.2, 0.25) is 0 Å². The minimum atomic E-state index is -0.279. The van der Waals surface area contributed by atoms with E-state index in [9.17, 15) is 9.18 Å². The third-order valence-corrected chi connectivity index (χ3v) is 6.12. The van der Waals surface area contributed by atoms with Gasteiger partial charge < -0.3 is 9.15 Å². The van der Waals surface area contributed by atoms with E-state index in [1.165, 1.54) is 23.9 Å². The fraction of sp³-hybridized carbons (Fsp3) is 0.182. The lowest BCUT2D eigenvalue weighted by atomic mass is 10.1. The molecule has 4 nitrogen and oxygen atoms in total. The minimum absolute atomic E-state index is 0.00262. The van der Waals surface area contributed by atoms with Crippen LogP contribution in [0.25, 0.3) is 0 Å². The number of halogens is 1. The van der Waals surface area contributed by atoms with Gasteiger partial charge in [0.15, 0.2) is 0 Å². The van der Waals surface area contributed by atoms with E-state index in [4.69, 9.17) is 21.4 Å². The van der Waals surface area contributed by atoms with Gasteiger partial charge >= 0.3 is 0 Å². The van der Waals surface area contributed by atoms with Gasteiger partial charge in [-0.15, -0.1) is 0 Å². The molecule has 2 heterocycles. The van der Waals surface area contributed by atoms with Crippen molar-refractivity contribution in [3.05, 3.63) is 89.6 Å². The van der Waals surface area contributed by atoms with Crippen molar-refractivity contribution in [3.8, 4) is 5.75 Å². The Morgan fingerprint density at radius 2 is 1.93 bits per heavy atom. The van der Waals surface area contributed by atoms with Gasteiger partial charge in [-0.25, -0.2) is 4.39 Å². The number of hydrogen-bond donors (Lipinski definition) is 0. The SMILES string of the molecule is O=C1[C@H](Cc2ccc(OCc3cccc(F)c3)cc2)SC(=S)N1Cc1ccco1. The molecule has 7 heteroatoms. The molecule has 2 aromatic carbocycles. The zero-order valence-electron chi connectivity index (χ0n) is 15.4. The number of nitrogens with zero attached hydrogens (tertiary/aromatic N) is 1. The maximum absolute atomic E-state index is 13.2. The molecule has 4 rings (SSSR count). The van der Waals surface area contributed by atoms with Crippen molar-refractivity contribution in [3.63, 3.8) is 0 Å². The van der Waals surface area contributed by atoms with Gasteiger partial charge in [0.05, 0.1) is 18.1 Å². The summed E-state index contributed by atoms with van der Waals surface area (Å²) < 4.78 is 24.8. The summed E-state index contributed by atoms with van der Waals surface area (Å²) in [5, 5.41) is -0.239. The highest BCUT2D eigenvalue weighted by Gasteiger charge is 2.37. The first kappa shape index (κ1) is 19.7. The molecule has 0 spiro atoms. The summed E-state index contributed by atoms with van der Waals surface area (Å²) >= 11 is 6.79. The van der Waals surface area contributed by atoms with Crippen LogP contribution in [0.15, 0.2) is 71.3 Å². The van der Waals surface area contributed by atoms with Crippen molar-refractivity contribution in [1.29, 1.82) is 0 Å². The van der Waals surface area contributed by atoms with Crippen LogP contribution < -0.4 is 4.74 Å². The van der Waals surface area contributed by atoms with Crippen LogP contribution in [0.3, 0.4) is 0 Å². The maximum atomic E-state index is 13.2. The molecule has 1 aliphatic heterocycles. The first-order chi connectivity index (χ1) is 14.1. The van der Waals surface area contributed by atoms with Crippen molar-refractivity contribution >= 4 is 34.2 Å². The highest BCUT2D eigenvalue weighted by molar-refractivity contribution is 8.24. The number of amides is 1. The van der Waals surface area contributed by atoms with Crippen LogP contribution in [-0.2, 0) is 24.4 Å². The van der Waals surface area contributed by atoms with E-state index in [-0.39, 0.29) is 17.0 Å². The Labute approximate surface area is 177 Å². The van der Waals surface area contributed by atoms with Crippen LogP contribution in [0.1, 0.15) is 16.9 Å². The Kier molecular flexibility index (Phi) is 5.97. The Hall–Kier alpha value is -2.64. The fourth-order valence-corrected chi connectivity index (χ4v) is 4.59. The summed E-state index contributed by atoms with van der Waals surface area (Å²) in [5.74, 6) is 1.13. The van der Waals surface area contributed by atoms with E-state index >= 15 is 0 Å². The second kappa shape index (κ2) is 8.80. The quantitative estimate of drug-likeness (QED) is 0.498. The average molecular weight is 428 g/mol. The normalized spacial score (nSPS) is 16.4. The van der Waals surface area contributed by atoms with Crippen LogP contribution in [0.4, 0.5) is 4.39 Å². The van der Waals surface area contributed by atoms with Gasteiger partial charge in [-0.05, 0) is 53.9 Å². The second-order valence-electron chi connectivity index (χ2n) is 6.64. The summed E-state index contributed by atoms with van der Waals surface area (Å²) in [6.45, 7) is 0.658. The zero-order valence-corrected chi connectivity index (χ0v) is 17.0. The zero-order chi connectivity index (χ0) is 20.2. The minimum Gasteiger partial charge on any atom is -0.489 e. The van der Waals surface area contributed by atoms with Gasteiger partial charge in [0.1, 0.15) is 28.3 Å². The van der Waals surface area contributed by atoms with Crippen molar-refractivity contribution in [1.82, 2.24) is 4.90 Å². The first-order valence-electron chi connectivity index (χ1n) is 9.09. The van der Waals surface area contributed by atoms with Crippen LogP contribution in [0.5, 0.6) is 5.75 Å². The third-order valence-electron chi connectivity index (χ3n) is 4.54. The van der Waals surface area contributed by atoms with Crippen LogP contribution in [-0.4, -0.2) is 20.4 Å². The number of thiocarbonyl (C=S) groups is 1. The molecule has 1 atom stereocenters. The van der Waals surface area contributed by atoms with Gasteiger partial charge in [-0.3, -0.25) is 9.69 Å². The lowest BCUT2D eigenvalue weighted by Crippen LogP contribution is -2.31. The second-order valence-corrected chi connectivity index (χ2v) is 8.48. The Bertz CT molecular complexity index is 1010. The van der Waals surface area contributed by atoms with Gasteiger partial charge in [0.25, 0.3) is 0 Å². The number of rotatable bonds is 7. The predicted molar refractivity (Wildman–Crippen MR) is 114 cm³/mol. The van der Waals surface area contributed by atoms with E-state index in [0.717, 1.165) is 11.1 Å². The highest BCUT2D eigenvalue weighted by Crippen LogP contribution is 2.31. The molecule has 1 aliphatic rings. The number of hydrogen-bond acceptors (Lipinski definition) is 5. The van der Waals surface area contributed by atoms with Crippen LogP contribution >= 0.6 is 24.0 Å². The molecular weight excluding hydrogens is 409 g/mol. The highest BCUT2D eigenvalue weighted by atomic mass is 32.2. The van der Waals surface area contributed by atoms with E-state index < -0.39 is 0 Å². The monoisotopic (exact) mass is 427 g/mol. The van der Waals surface area contributed by atoms with Gasteiger partial charge in [0, 0.05) is 0 Å². The number of carbonyl (C=O) groups is 1. The molecular formula is C22H18FNO3S2. The molecule has 0 bridgehead atoms. The molecule has 0 saturated carbocycles. The van der Waals surface area contributed by atoms with E-state index in [1.807, 2.05) is 36.4 Å². The predicted octanol–water partition coefficient (Wildman–Crippen LogP) is 4.97. The van der Waals surface area contributed by atoms with Crippen molar-refractivity contribution < 1.29 is 18.3 Å². The Morgan fingerprint density at radius 1 is 1.10 bits per heavy atom. The molecule has 0 radical (unpaired) electrons. The standard InChI is InChI=1S/C22H18FNO3S2/c23-17-4-1-3-16(11-17)14-27-18-8-6-15(7-9-18)12-20-21(25)24(22(28)29-20)13-19-5-2-10-26-19/h1-11,20H,12-14H2/t20-/m0/s1. The number of furan rings is 1. The molecule has 148 valence electrons. The molecule has 0 unspecified atom stereocenters. The summed E-state index contributed by atoms with van der Waals surface area (Å²) in [4.78, 5) is 14.3. The summed E-state index contributed by atoms with van der Waals surface area (Å²) in [6.07, 6.45) is 2.17. The van der Waals surface area contributed by atoms with Gasteiger partial charge in [-0.1, -0.05) is 48.2 Å². The molecule has 29 heavy (non-hydrogen) atoms.